The molecule has 0 bridgehead atoms. The zero-order chi connectivity index (χ0) is 17.5. The van der Waals surface area contributed by atoms with Gasteiger partial charge in [0, 0.05) is 5.69 Å². The van der Waals surface area contributed by atoms with Gasteiger partial charge in [-0.15, -0.1) is 0 Å². The van der Waals surface area contributed by atoms with Crippen molar-refractivity contribution in [2.45, 2.75) is 40.0 Å². The minimum atomic E-state index is -0.136. The quantitative estimate of drug-likeness (QED) is 0.731. The molecule has 0 unspecified atom stereocenters. The number of rotatable bonds is 7. The van der Waals surface area contributed by atoms with E-state index in [9.17, 15) is 4.79 Å². The van der Waals surface area contributed by atoms with Crippen LogP contribution in [0.1, 0.15) is 56.0 Å². The van der Waals surface area contributed by atoms with Gasteiger partial charge >= 0.3 is 0 Å². The molecule has 0 heterocycles. The molecule has 0 spiro atoms. The molecule has 0 aliphatic heterocycles. The Bertz CT molecular complexity index is 677. The number of carbonyl (C=O) groups excluding carboxylic acids is 1. The summed E-state index contributed by atoms with van der Waals surface area (Å²) in [5.41, 5.74) is 2.55. The van der Waals surface area contributed by atoms with Crippen LogP contribution in [0.25, 0.3) is 0 Å². The van der Waals surface area contributed by atoms with Gasteiger partial charge in [-0.3, -0.25) is 4.79 Å². The average molecular weight is 325 g/mol. The summed E-state index contributed by atoms with van der Waals surface area (Å²) in [7, 11) is 0. The van der Waals surface area contributed by atoms with E-state index in [2.05, 4.69) is 33.0 Å². The highest BCUT2D eigenvalue weighted by Crippen LogP contribution is 2.26. The topological polar surface area (TPSA) is 38.3 Å². The van der Waals surface area contributed by atoms with E-state index in [-0.39, 0.29) is 5.91 Å². The van der Waals surface area contributed by atoms with E-state index in [1.165, 1.54) is 0 Å². The summed E-state index contributed by atoms with van der Waals surface area (Å²) in [5.74, 6) is 1.42. The Balaban J connectivity index is 2.16. The number of anilines is 1. The lowest BCUT2D eigenvalue weighted by Gasteiger charge is -2.15. The van der Waals surface area contributed by atoms with Crippen LogP contribution in [-0.2, 0) is 0 Å². The molecule has 0 saturated heterocycles. The van der Waals surface area contributed by atoms with E-state index >= 15 is 0 Å². The van der Waals surface area contributed by atoms with E-state index < -0.39 is 0 Å². The fourth-order valence-electron chi connectivity index (χ4n) is 2.49. The first-order chi connectivity index (χ1) is 11.5. The third-order valence-electron chi connectivity index (χ3n) is 3.92. The highest BCUT2D eigenvalue weighted by molar-refractivity contribution is 6.06. The number of ether oxygens (including phenoxy) is 1. The predicted molar refractivity (Wildman–Crippen MR) is 99.9 cm³/mol. The molecule has 128 valence electrons. The second-order valence-electron chi connectivity index (χ2n) is 6.72. The van der Waals surface area contributed by atoms with Crippen molar-refractivity contribution in [1.82, 2.24) is 0 Å². The van der Waals surface area contributed by atoms with E-state index in [0.29, 0.717) is 29.8 Å². The first-order valence-electron chi connectivity index (χ1n) is 8.61. The van der Waals surface area contributed by atoms with Crippen molar-refractivity contribution >= 4 is 11.6 Å². The van der Waals surface area contributed by atoms with Crippen molar-refractivity contribution in [3.63, 3.8) is 0 Å². The highest BCUT2D eigenvalue weighted by Gasteiger charge is 2.15. The molecule has 0 fully saturated rings. The SMILES string of the molecule is CC(C)CCOc1ccccc1C(=O)Nc1ccccc1C(C)C. The Hall–Kier alpha value is -2.29. The molecule has 2 aromatic rings. The molecule has 2 aromatic carbocycles. The van der Waals surface area contributed by atoms with Crippen LogP contribution in [0.2, 0.25) is 0 Å². The Kier molecular flexibility index (Phi) is 6.42. The number of nitrogens with one attached hydrogen (secondary N) is 1. The summed E-state index contributed by atoms with van der Waals surface area (Å²) < 4.78 is 5.82. The minimum Gasteiger partial charge on any atom is -0.493 e. The van der Waals surface area contributed by atoms with Gasteiger partial charge in [-0.25, -0.2) is 0 Å². The van der Waals surface area contributed by atoms with Crippen LogP contribution in [0.15, 0.2) is 48.5 Å². The highest BCUT2D eigenvalue weighted by atomic mass is 16.5. The zero-order valence-electron chi connectivity index (χ0n) is 15.0. The van der Waals surface area contributed by atoms with E-state index in [1.807, 2.05) is 42.5 Å². The lowest BCUT2D eigenvalue weighted by atomic mass is 10.0. The van der Waals surface area contributed by atoms with Crippen LogP contribution in [-0.4, -0.2) is 12.5 Å². The molecule has 0 saturated carbocycles. The second kappa shape index (κ2) is 8.53. The largest absolute Gasteiger partial charge is 0.493 e. The number of carbonyl (C=O) groups is 1. The fourth-order valence-corrected chi connectivity index (χ4v) is 2.49. The Morgan fingerprint density at radius 3 is 2.38 bits per heavy atom. The number of para-hydroxylation sites is 2. The van der Waals surface area contributed by atoms with Gasteiger partial charge in [0.1, 0.15) is 5.75 Å². The van der Waals surface area contributed by atoms with Crippen LogP contribution >= 0.6 is 0 Å². The van der Waals surface area contributed by atoms with Crippen molar-refractivity contribution in [2.24, 2.45) is 5.92 Å². The number of hydrogen-bond acceptors (Lipinski definition) is 2. The monoisotopic (exact) mass is 325 g/mol. The molecule has 1 N–H and O–H groups in total. The van der Waals surface area contributed by atoms with Gasteiger partial charge in [0.05, 0.1) is 12.2 Å². The Morgan fingerprint density at radius 2 is 1.67 bits per heavy atom. The number of benzene rings is 2. The Labute approximate surface area is 145 Å². The van der Waals surface area contributed by atoms with E-state index in [4.69, 9.17) is 4.74 Å². The maximum Gasteiger partial charge on any atom is 0.259 e. The molecule has 1 amide bonds. The van der Waals surface area contributed by atoms with Crippen molar-refractivity contribution in [1.29, 1.82) is 0 Å². The summed E-state index contributed by atoms with van der Waals surface area (Å²) in [4.78, 5) is 12.7. The summed E-state index contributed by atoms with van der Waals surface area (Å²) in [6, 6.07) is 15.3. The lowest BCUT2D eigenvalue weighted by molar-refractivity contribution is 0.102. The van der Waals surface area contributed by atoms with Crippen LogP contribution < -0.4 is 10.1 Å². The predicted octanol–water partition coefficient (Wildman–Crippen LogP) is 5.49. The van der Waals surface area contributed by atoms with Gasteiger partial charge in [-0.05, 0) is 42.0 Å². The normalized spacial score (nSPS) is 10.9. The van der Waals surface area contributed by atoms with Gasteiger partial charge in [0.15, 0.2) is 0 Å². The molecule has 3 nitrogen and oxygen atoms in total. The number of amides is 1. The fraction of sp³-hybridized carbons (Fsp3) is 0.381. The summed E-state index contributed by atoms with van der Waals surface area (Å²) in [5, 5.41) is 3.03. The molecule has 0 aliphatic rings. The summed E-state index contributed by atoms with van der Waals surface area (Å²) in [6.45, 7) is 9.17. The molecule has 0 radical (unpaired) electrons. The van der Waals surface area contributed by atoms with Gasteiger partial charge in [0.25, 0.3) is 5.91 Å². The molecule has 3 heteroatoms. The minimum absolute atomic E-state index is 0.136. The molecule has 0 aromatic heterocycles. The van der Waals surface area contributed by atoms with E-state index in [0.717, 1.165) is 17.7 Å². The van der Waals surface area contributed by atoms with Gasteiger partial charge in [-0.1, -0.05) is 58.0 Å². The van der Waals surface area contributed by atoms with Gasteiger partial charge in [-0.2, -0.15) is 0 Å². The van der Waals surface area contributed by atoms with Crippen molar-refractivity contribution in [3.8, 4) is 5.75 Å². The van der Waals surface area contributed by atoms with E-state index in [1.54, 1.807) is 6.07 Å². The lowest BCUT2D eigenvalue weighted by Crippen LogP contribution is -2.15. The first kappa shape index (κ1) is 18.1. The Morgan fingerprint density at radius 1 is 1.00 bits per heavy atom. The third-order valence-corrected chi connectivity index (χ3v) is 3.92. The second-order valence-corrected chi connectivity index (χ2v) is 6.72. The molecule has 0 aliphatic carbocycles. The van der Waals surface area contributed by atoms with Crippen LogP contribution in [0.5, 0.6) is 5.75 Å². The van der Waals surface area contributed by atoms with Gasteiger partial charge < -0.3 is 10.1 Å². The summed E-state index contributed by atoms with van der Waals surface area (Å²) >= 11 is 0. The number of hydrogen-bond donors (Lipinski definition) is 1. The maximum atomic E-state index is 12.7. The zero-order valence-corrected chi connectivity index (χ0v) is 15.0. The molecular formula is C21H27NO2. The average Bonchev–Trinajstić information content (AvgIpc) is 2.55. The van der Waals surface area contributed by atoms with Crippen molar-refractivity contribution < 1.29 is 9.53 Å². The van der Waals surface area contributed by atoms with Crippen LogP contribution in [0.3, 0.4) is 0 Å². The van der Waals surface area contributed by atoms with Crippen LogP contribution in [0, 0.1) is 5.92 Å². The van der Waals surface area contributed by atoms with Crippen molar-refractivity contribution in [2.75, 3.05) is 11.9 Å². The summed E-state index contributed by atoms with van der Waals surface area (Å²) in [6.07, 6.45) is 0.964. The smallest absolute Gasteiger partial charge is 0.259 e. The maximum absolute atomic E-state index is 12.7. The molecule has 0 atom stereocenters. The van der Waals surface area contributed by atoms with Crippen LogP contribution in [0.4, 0.5) is 5.69 Å². The standard InChI is InChI=1S/C21H27NO2/c1-15(2)13-14-24-20-12-8-6-10-18(20)21(23)22-19-11-7-5-9-17(19)16(3)4/h5-12,15-16H,13-14H2,1-4H3,(H,22,23). The molecule has 24 heavy (non-hydrogen) atoms. The molecule has 2 rings (SSSR count). The van der Waals surface area contributed by atoms with Crippen molar-refractivity contribution in [3.05, 3.63) is 59.7 Å². The third kappa shape index (κ3) is 4.85. The van der Waals surface area contributed by atoms with Gasteiger partial charge in [0.2, 0.25) is 0 Å². The first-order valence-corrected chi connectivity index (χ1v) is 8.61. The molecular weight excluding hydrogens is 298 g/mol.